The molecule has 2 N–H and O–H groups in total. The van der Waals surface area contributed by atoms with Crippen molar-refractivity contribution in [2.75, 3.05) is 12.3 Å². The molecule has 1 heterocycles. The van der Waals surface area contributed by atoms with Gasteiger partial charge in [-0.15, -0.1) is 0 Å². The Kier molecular flexibility index (Phi) is 4.10. The summed E-state index contributed by atoms with van der Waals surface area (Å²) >= 11 is 3.45. The van der Waals surface area contributed by atoms with Crippen molar-refractivity contribution in [2.45, 2.75) is 39.3 Å². The van der Waals surface area contributed by atoms with Crippen LogP contribution in [0.25, 0.3) is 0 Å². The highest BCUT2D eigenvalue weighted by Gasteiger charge is 2.27. The number of anilines is 1. The van der Waals surface area contributed by atoms with E-state index in [0.29, 0.717) is 0 Å². The van der Waals surface area contributed by atoms with Gasteiger partial charge in [0, 0.05) is 22.7 Å². The Bertz CT molecular complexity index is 390. The molecule has 94 valence electrons. The minimum absolute atomic E-state index is 0.720. The molecule has 1 unspecified atom stereocenters. The third-order valence-corrected chi connectivity index (χ3v) is 4.16. The molecule has 1 aromatic rings. The van der Waals surface area contributed by atoms with Crippen molar-refractivity contribution in [3.8, 4) is 0 Å². The molecule has 0 spiro atoms. The van der Waals surface area contributed by atoms with Crippen LogP contribution in [0.2, 0.25) is 0 Å². The molecule has 0 aliphatic carbocycles. The highest BCUT2D eigenvalue weighted by Crippen LogP contribution is 2.27. The van der Waals surface area contributed by atoms with Crippen LogP contribution >= 0.6 is 15.9 Å². The van der Waals surface area contributed by atoms with Gasteiger partial charge in [-0.25, -0.2) is 0 Å². The van der Waals surface area contributed by atoms with Gasteiger partial charge in [0.25, 0.3) is 0 Å². The third kappa shape index (κ3) is 3.02. The second-order valence-corrected chi connectivity index (χ2v) is 6.18. The Balaban J connectivity index is 2.09. The predicted octanol–water partition coefficient (Wildman–Crippen LogP) is 3.65. The number of nitrogen functional groups attached to an aromatic ring is 1. The molecule has 2 rings (SSSR count). The van der Waals surface area contributed by atoms with Crippen molar-refractivity contribution in [3.05, 3.63) is 28.2 Å². The van der Waals surface area contributed by atoms with Crippen LogP contribution in [0.1, 0.15) is 32.3 Å². The molecule has 1 aliphatic heterocycles. The summed E-state index contributed by atoms with van der Waals surface area (Å²) in [5, 5.41) is 0. The van der Waals surface area contributed by atoms with Crippen LogP contribution in [0.15, 0.2) is 22.7 Å². The average molecular weight is 297 g/mol. The van der Waals surface area contributed by atoms with Gasteiger partial charge in [-0.1, -0.05) is 35.8 Å². The van der Waals surface area contributed by atoms with E-state index in [-0.39, 0.29) is 0 Å². The Labute approximate surface area is 112 Å². The maximum atomic E-state index is 6.06. The fourth-order valence-electron chi connectivity index (χ4n) is 2.73. The molecule has 0 amide bonds. The molecule has 1 fully saturated rings. The van der Waals surface area contributed by atoms with Gasteiger partial charge in [-0.2, -0.15) is 0 Å². The fourth-order valence-corrected chi connectivity index (χ4v) is 3.11. The number of nitrogens with zero attached hydrogens (tertiary/aromatic N) is 1. The van der Waals surface area contributed by atoms with Gasteiger partial charge in [-0.05, 0) is 43.0 Å². The molecule has 2 nitrogen and oxygen atoms in total. The Morgan fingerprint density at radius 3 is 2.88 bits per heavy atom. The van der Waals surface area contributed by atoms with Crippen molar-refractivity contribution in [1.29, 1.82) is 0 Å². The minimum Gasteiger partial charge on any atom is -0.398 e. The second-order valence-electron chi connectivity index (χ2n) is 5.27. The second kappa shape index (κ2) is 5.40. The number of likely N-dealkylation sites (tertiary alicyclic amines) is 1. The largest absolute Gasteiger partial charge is 0.398 e. The van der Waals surface area contributed by atoms with E-state index in [4.69, 9.17) is 5.73 Å². The zero-order valence-corrected chi connectivity index (χ0v) is 12.2. The monoisotopic (exact) mass is 296 g/mol. The topological polar surface area (TPSA) is 29.3 Å². The summed E-state index contributed by atoms with van der Waals surface area (Å²) in [6.07, 6.45) is 2.65. The van der Waals surface area contributed by atoms with Gasteiger partial charge in [0.15, 0.2) is 0 Å². The van der Waals surface area contributed by atoms with Crippen LogP contribution in [-0.2, 0) is 6.54 Å². The zero-order valence-electron chi connectivity index (χ0n) is 10.6. The first-order chi connectivity index (χ1) is 8.08. The summed E-state index contributed by atoms with van der Waals surface area (Å²) in [5.74, 6) is 0.731. The zero-order chi connectivity index (χ0) is 12.4. The van der Waals surface area contributed by atoms with E-state index in [0.717, 1.165) is 28.7 Å². The molecular formula is C14H21BrN2. The molecule has 1 aliphatic rings. The van der Waals surface area contributed by atoms with Crippen molar-refractivity contribution in [3.63, 3.8) is 0 Å². The lowest BCUT2D eigenvalue weighted by Crippen LogP contribution is -2.33. The van der Waals surface area contributed by atoms with Gasteiger partial charge in [-0.3, -0.25) is 4.90 Å². The molecule has 0 saturated carbocycles. The van der Waals surface area contributed by atoms with Gasteiger partial charge in [0.05, 0.1) is 0 Å². The molecule has 1 atom stereocenters. The summed E-state index contributed by atoms with van der Waals surface area (Å²) in [4.78, 5) is 2.57. The molecule has 0 aromatic heterocycles. The van der Waals surface area contributed by atoms with Crippen LogP contribution in [0.4, 0.5) is 5.69 Å². The number of rotatable bonds is 3. The number of hydrogen-bond donors (Lipinski definition) is 1. The third-order valence-electron chi connectivity index (χ3n) is 3.67. The van der Waals surface area contributed by atoms with Crippen LogP contribution in [-0.4, -0.2) is 17.5 Å². The molecule has 0 bridgehead atoms. The molecule has 1 saturated heterocycles. The Morgan fingerprint density at radius 1 is 1.47 bits per heavy atom. The molecular weight excluding hydrogens is 276 g/mol. The number of benzene rings is 1. The lowest BCUT2D eigenvalue weighted by Gasteiger charge is -2.28. The highest BCUT2D eigenvalue weighted by atomic mass is 79.9. The quantitative estimate of drug-likeness (QED) is 0.863. The first kappa shape index (κ1) is 12.9. The van der Waals surface area contributed by atoms with Crippen LogP contribution in [0, 0.1) is 5.92 Å². The maximum Gasteiger partial charge on any atom is 0.0371 e. The fraction of sp³-hybridized carbons (Fsp3) is 0.571. The number of nitrogens with two attached hydrogens (primary N) is 1. The lowest BCUT2D eigenvalue weighted by molar-refractivity contribution is 0.199. The van der Waals surface area contributed by atoms with Gasteiger partial charge >= 0.3 is 0 Å². The normalized spacial score (nSPS) is 21.3. The summed E-state index contributed by atoms with van der Waals surface area (Å²) in [6.45, 7) is 6.82. The van der Waals surface area contributed by atoms with Crippen LogP contribution in [0.3, 0.4) is 0 Å². The van der Waals surface area contributed by atoms with E-state index in [1.54, 1.807) is 0 Å². The van der Waals surface area contributed by atoms with Crippen molar-refractivity contribution in [1.82, 2.24) is 4.90 Å². The van der Waals surface area contributed by atoms with E-state index < -0.39 is 0 Å². The SMILES string of the molecule is CC(C)C1CCCN1Cc1ccc(Br)cc1N. The summed E-state index contributed by atoms with van der Waals surface area (Å²) in [7, 11) is 0. The molecule has 0 radical (unpaired) electrons. The molecule has 17 heavy (non-hydrogen) atoms. The maximum absolute atomic E-state index is 6.06. The van der Waals surface area contributed by atoms with E-state index in [9.17, 15) is 0 Å². The Morgan fingerprint density at radius 2 is 2.24 bits per heavy atom. The summed E-state index contributed by atoms with van der Waals surface area (Å²) in [6, 6.07) is 6.93. The molecule has 3 heteroatoms. The van der Waals surface area contributed by atoms with E-state index >= 15 is 0 Å². The first-order valence-electron chi connectivity index (χ1n) is 6.36. The standard InChI is InChI=1S/C14H21BrN2/c1-10(2)14-4-3-7-17(14)9-11-5-6-12(15)8-13(11)16/h5-6,8,10,14H,3-4,7,9,16H2,1-2H3. The Hall–Kier alpha value is -0.540. The predicted molar refractivity (Wildman–Crippen MR) is 76.8 cm³/mol. The van der Waals surface area contributed by atoms with Crippen LogP contribution in [0.5, 0.6) is 0 Å². The average Bonchev–Trinajstić information content (AvgIpc) is 2.70. The molecule has 1 aromatic carbocycles. The van der Waals surface area contributed by atoms with Crippen LogP contribution < -0.4 is 5.73 Å². The van der Waals surface area contributed by atoms with Gasteiger partial charge < -0.3 is 5.73 Å². The van der Waals surface area contributed by atoms with Crippen molar-refractivity contribution in [2.24, 2.45) is 5.92 Å². The smallest absolute Gasteiger partial charge is 0.0371 e. The summed E-state index contributed by atoms with van der Waals surface area (Å²) < 4.78 is 1.06. The summed E-state index contributed by atoms with van der Waals surface area (Å²) in [5.41, 5.74) is 8.21. The number of halogens is 1. The van der Waals surface area contributed by atoms with Gasteiger partial charge in [0.1, 0.15) is 0 Å². The van der Waals surface area contributed by atoms with E-state index in [2.05, 4.69) is 46.8 Å². The van der Waals surface area contributed by atoms with Gasteiger partial charge in [0.2, 0.25) is 0 Å². The highest BCUT2D eigenvalue weighted by molar-refractivity contribution is 9.10. The number of hydrogen-bond acceptors (Lipinski definition) is 2. The van der Waals surface area contributed by atoms with E-state index in [1.807, 2.05) is 6.07 Å². The van der Waals surface area contributed by atoms with E-state index in [1.165, 1.54) is 24.9 Å². The first-order valence-corrected chi connectivity index (χ1v) is 7.15. The minimum atomic E-state index is 0.720. The van der Waals surface area contributed by atoms with Crippen molar-refractivity contribution < 1.29 is 0 Å². The van der Waals surface area contributed by atoms with Crippen molar-refractivity contribution >= 4 is 21.6 Å². The lowest BCUT2D eigenvalue weighted by atomic mass is 10.0.